The Morgan fingerprint density at radius 3 is 2.65 bits per heavy atom. The minimum absolute atomic E-state index is 0.147. The predicted molar refractivity (Wildman–Crippen MR) is 91.3 cm³/mol. The first kappa shape index (κ1) is 16.6. The predicted octanol–water partition coefficient (Wildman–Crippen LogP) is 2.41. The molecule has 0 N–H and O–H groups in total. The molecule has 134 valence electrons. The summed E-state index contributed by atoms with van der Waals surface area (Å²) in [6.45, 7) is 4.83. The van der Waals surface area contributed by atoms with Gasteiger partial charge in [-0.3, -0.25) is 14.5 Å². The van der Waals surface area contributed by atoms with Crippen molar-refractivity contribution in [3.05, 3.63) is 58.4 Å². The highest BCUT2D eigenvalue weighted by molar-refractivity contribution is 6.07. The lowest BCUT2D eigenvalue weighted by Gasteiger charge is -2.20. The summed E-state index contributed by atoms with van der Waals surface area (Å²) in [5, 5.41) is 0. The fourth-order valence-electron chi connectivity index (χ4n) is 3.95. The van der Waals surface area contributed by atoms with E-state index in [0.717, 1.165) is 11.1 Å². The Morgan fingerprint density at radius 1 is 1.27 bits per heavy atom. The van der Waals surface area contributed by atoms with Crippen LogP contribution in [0.3, 0.4) is 0 Å². The summed E-state index contributed by atoms with van der Waals surface area (Å²) in [4.78, 5) is 37.9. The number of rotatable bonds is 2. The first-order valence-corrected chi connectivity index (χ1v) is 8.56. The fraction of sp³-hybridized carbons (Fsp3) is 0.350. The molecule has 6 heteroatoms. The molecule has 1 aromatic carbocycles. The quantitative estimate of drug-likeness (QED) is 0.464. The van der Waals surface area contributed by atoms with Crippen molar-refractivity contribution in [2.45, 2.75) is 39.5 Å². The molecule has 0 aromatic heterocycles. The van der Waals surface area contributed by atoms with Gasteiger partial charge in [-0.1, -0.05) is 24.3 Å². The van der Waals surface area contributed by atoms with Gasteiger partial charge in [-0.05, 0) is 31.4 Å². The van der Waals surface area contributed by atoms with E-state index in [0.29, 0.717) is 23.1 Å². The lowest BCUT2D eigenvalue weighted by molar-refractivity contribution is -0.153. The maximum Gasteiger partial charge on any atom is 0.337 e. The Labute approximate surface area is 151 Å². The molecule has 0 radical (unpaired) electrons. The van der Waals surface area contributed by atoms with E-state index in [1.807, 2.05) is 24.3 Å². The Morgan fingerprint density at radius 2 is 2.00 bits per heavy atom. The van der Waals surface area contributed by atoms with Gasteiger partial charge in [0.1, 0.15) is 0 Å². The largest absolute Gasteiger partial charge is 0.458 e. The molecule has 4 rings (SSSR count). The average molecular weight is 353 g/mol. The number of likely N-dealkylation sites (tertiary alicyclic amines) is 1. The smallest absolute Gasteiger partial charge is 0.337 e. The molecule has 0 spiro atoms. The topological polar surface area (TPSA) is 72.9 Å². The fourth-order valence-corrected chi connectivity index (χ4v) is 3.95. The van der Waals surface area contributed by atoms with Crippen LogP contribution in [0, 0.1) is 5.92 Å². The normalized spacial score (nSPS) is 28.5. The molecule has 0 saturated carbocycles. The van der Waals surface area contributed by atoms with Crippen molar-refractivity contribution in [1.82, 2.24) is 4.90 Å². The minimum atomic E-state index is -0.823. The third-order valence-corrected chi connectivity index (χ3v) is 5.46. The zero-order valence-electron chi connectivity index (χ0n) is 14.8. The molecule has 3 aliphatic rings. The van der Waals surface area contributed by atoms with Crippen LogP contribution in [-0.2, 0) is 30.3 Å². The SMILES string of the molecule is CC(=O)N1C(=O)/C(=C/OC2OC(=O)C(C)=C2C)C2Cc3ccccc3C21. The number of ether oxygens (including phenoxy) is 2. The van der Waals surface area contributed by atoms with Gasteiger partial charge >= 0.3 is 5.97 Å². The highest BCUT2D eigenvalue weighted by Gasteiger charge is 2.51. The third-order valence-electron chi connectivity index (χ3n) is 5.46. The van der Waals surface area contributed by atoms with Crippen LogP contribution in [0.2, 0.25) is 0 Å². The van der Waals surface area contributed by atoms with E-state index in [9.17, 15) is 14.4 Å². The van der Waals surface area contributed by atoms with Crippen molar-refractivity contribution in [2.75, 3.05) is 0 Å². The molecular formula is C20H19NO5. The summed E-state index contributed by atoms with van der Waals surface area (Å²) in [6.07, 6.45) is 1.22. The number of imide groups is 1. The van der Waals surface area contributed by atoms with Gasteiger partial charge < -0.3 is 9.47 Å². The third kappa shape index (κ3) is 2.29. The Hall–Kier alpha value is -2.89. The second kappa shape index (κ2) is 5.83. The number of cyclic esters (lactones) is 1. The number of nitrogens with zero attached hydrogens (tertiary/aromatic N) is 1. The van der Waals surface area contributed by atoms with Gasteiger partial charge in [0.05, 0.1) is 17.9 Å². The molecule has 2 amide bonds. The van der Waals surface area contributed by atoms with Crippen molar-refractivity contribution >= 4 is 17.8 Å². The van der Waals surface area contributed by atoms with E-state index < -0.39 is 12.3 Å². The summed E-state index contributed by atoms with van der Waals surface area (Å²) in [7, 11) is 0. The van der Waals surface area contributed by atoms with Crippen LogP contribution in [0.5, 0.6) is 0 Å². The summed E-state index contributed by atoms with van der Waals surface area (Å²) in [5.41, 5.74) is 3.78. The van der Waals surface area contributed by atoms with Gasteiger partial charge in [-0.15, -0.1) is 0 Å². The van der Waals surface area contributed by atoms with Gasteiger partial charge in [0.15, 0.2) is 0 Å². The van der Waals surface area contributed by atoms with E-state index in [2.05, 4.69) is 0 Å². The van der Waals surface area contributed by atoms with Crippen molar-refractivity contribution in [3.8, 4) is 0 Å². The number of carbonyl (C=O) groups excluding carboxylic acids is 3. The zero-order chi connectivity index (χ0) is 18.6. The summed E-state index contributed by atoms with van der Waals surface area (Å²) < 4.78 is 10.8. The Balaban J connectivity index is 1.67. The highest BCUT2D eigenvalue weighted by atomic mass is 16.7. The second-order valence-electron chi connectivity index (χ2n) is 6.90. The molecule has 1 saturated heterocycles. The van der Waals surface area contributed by atoms with Crippen molar-refractivity contribution in [3.63, 3.8) is 0 Å². The molecule has 2 heterocycles. The van der Waals surface area contributed by atoms with Gasteiger partial charge in [0, 0.05) is 24.0 Å². The lowest BCUT2D eigenvalue weighted by Crippen LogP contribution is -2.32. The molecule has 6 nitrogen and oxygen atoms in total. The summed E-state index contributed by atoms with van der Waals surface area (Å²) in [5.74, 6) is -1.19. The van der Waals surface area contributed by atoms with E-state index in [1.165, 1.54) is 18.1 Å². The molecule has 2 aliphatic heterocycles. The standard InChI is InChI=1S/C20H19NO5/c1-10-11(2)20(26-19(10)24)25-9-16-15-8-13-6-4-5-7-14(13)17(15)21(12(3)22)18(16)23/h4-7,9,15,17,20H,8H2,1-3H3/b16-9+. The lowest BCUT2D eigenvalue weighted by atomic mass is 9.97. The van der Waals surface area contributed by atoms with Crippen molar-refractivity contribution in [1.29, 1.82) is 0 Å². The summed E-state index contributed by atoms with van der Waals surface area (Å²) >= 11 is 0. The molecule has 1 fully saturated rings. The van der Waals surface area contributed by atoms with Crippen LogP contribution >= 0.6 is 0 Å². The van der Waals surface area contributed by atoms with Crippen LogP contribution in [0.1, 0.15) is 37.9 Å². The van der Waals surface area contributed by atoms with E-state index in [4.69, 9.17) is 9.47 Å². The summed E-state index contributed by atoms with van der Waals surface area (Å²) in [6, 6.07) is 7.55. The van der Waals surface area contributed by atoms with Crippen LogP contribution in [0.15, 0.2) is 47.2 Å². The molecule has 1 aliphatic carbocycles. The Bertz CT molecular complexity index is 897. The molecule has 3 unspecified atom stereocenters. The number of hydrogen-bond acceptors (Lipinski definition) is 5. The number of benzene rings is 1. The van der Waals surface area contributed by atoms with Crippen molar-refractivity contribution < 1.29 is 23.9 Å². The zero-order valence-corrected chi connectivity index (χ0v) is 14.8. The monoisotopic (exact) mass is 353 g/mol. The van der Waals surface area contributed by atoms with E-state index >= 15 is 0 Å². The van der Waals surface area contributed by atoms with Crippen LogP contribution < -0.4 is 0 Å². The van der Waals surface area contributed by atoms with Crippen LogP contribution in [0.4, 0.5) is 0 Å². The molecular weight excluding hydrogens is 334 g/mol. The average Bonchev–Trinajstić information content (AvgIpc) is 3.18. The van der Waals surface area contributed by atoms with E-state index in [1.54, 1.807) is 13.8 Å². The maximum absolute atomic E-state index is 12.8. The molecule has 1 aromatic rings. The minimum Gasteiger partial charge on any atom is -0.458 e. The van der Waals surface area contributed by atoms with E-state index in [-0.39, 0.29) is 23.8 Å². The second-order valence-corrected chi connectivity index (χ2v) is 6.90. The molecule has 3 atom stereocenters. The number of amides is 2. The van der Waals surface area contributed by atoms with Crippen molar-refractivity contribution in [2.24, 2.45) is 5.92 Å². The number of fused-ring (bicyclic) bond motifs is 3. The maximum atomic E-state index is 12.8. The Kier molecular flexibility index (Phi) is 3.72. The first-order chi connectivity index (χ1) is 12.4. The van der Waals surface area contributed by atoms with Gasteiger partial charge in [-0.25, -0.2) is 4.79 Å². The number of hydrogen-bond donors (Lipinski definition) is 0. The van der Waals surface area contributed by atoms with Crippen LogP contribution in [0.25, 0.3) is 0 Å². The molecule has 0 bridgehead atoms. The number of carbonyl (C=O) groups is 3. The van der Waals surface area contributed by atoms with Gasteiger partial charge in [0.25, 0.3) is 12.2 Å². The first-order valence-electron chi connectivity index (χ1n) is 8.56. The van der Waals surface area contributed by atoms with Gasteiger partial charge in [-0.2, -0.15) is 0 Å². The highest BCUT2D eigenvalue weighted by Crippen LogP contribution is 2.49. The van der Waals surface area contributed by atoms with Gasteiger partial charge in [0.2, 0.25) is 5.91 Å². The van der Waals surface area contributed by atoms with Crippen LogP contribution in [-0.4, -0.2) is 29.0 Å². The molecule has 26 heavy (non-hydrogen) atoms. The number of esters is 1.